The van der Waals surface area contributed by atoms with E-state index in [-0.39, 0.29) is 11.9 Å². The van der Waals surface area contributed by atoms with Crippen LogP contribution in [-0.4, -0.2) is 36.0 Å². The van der Waals surface area contributed by atoms with Crippen molar-refractivity contribution < 1.29 is 4.79 Å². The number of likely N-dealkylation sites (tertiary alicyclic amines) is 1. The summed E-state index contributed by atoms with van der Waals surface area (Å²) in [6.45, 7) is 5.96. The van der Waals surface area contributed by atoms with Gasteiger partial charge >= 0.3 is 0 Å². The largest absolute Gasteiger partial charge is 0.341 e. The van der Waals surface area contributed by atoms with Gasteiger partial charge in [0.05, 0.1) is 6.04 Å². The molecule has 1 saturated heterocycles. The molecule has 0 aliphatic carbocycles. The van der Waals surface area contributed by atoms with Crippen LogP contribution < -0.4 is 5.32 Å². The summed E-state index contributed by atoms with van der Waals surface area (Å²) >= 11 is 0. The van der Waals surface area contributed by atoms with Crippen LogP contribution in [0, 0.1) is 0 Å². The molecule has 1 aliphatic rings. The number of nitrogens with zero attached hydrogens (tertiary/aromatic N) is 1. The van der Waals surface area contributed by atoms with Gasteiger partial charge in [0.25, 0.3) is 0 Å². The minimum absolute atomic E-state index is 0.0386. The molecular weight excluding hydrogens is 236 g/mol. The number of amides is 1. The van der Waals surface area contributed by atoms with Gasteiger partial charge in [-0.1, -0.05) is 44.2 Å². The third-order valence-corrected chi connectivity index (χ3v) is 3.57. The topological polar surface area (TPSA) is 32.3 Å². The Morgan fingerprint density at radius 3 is 2.74 bits per heavy atom. The van der Waals surface area contributed by atoms with Crippen molar-refractivity contribution in [2.24, 2.45) is 0 Å². The fraction of sp³-hybridized carbons (Fsp3) is 0.562. The molecule has 1 fully saturated rings. The number of benzene rings is 1. The van der Waals surface area contributed by atoms with E-state index in [0.29, 0.717) is 6.04 Å². The molecule has 0 bridgehead atoms. The first-order chi connectivity index (χ1) is 9.16. The standard InChI is InChI=1S/C16H24N2O/c1-13(2)17-15-10-12-18(16(15)19)11-6-9-14-7-4-3-5-8-14/h3-5,7-8,13,15,17H,6,9-12H2,1-2H3. The number of hydrogen-bond acceptors (Lipinski definition) is 2. The zero-order chi connectivity index (χ0) is 13.7. The Morgan fingerprint density at radius 2 is 2.05 bits per heavy atom. The van der Waals surface area contributed by atoms with Gasteiger partial charge in [0.1, 0.15) is 0 Å². The molecule has 1 heterocycles. The molecule has 0 saturated carbocycles. The van der Waals surface area contributed by atoms with Crippen LogP contribution in [0.2, 0.25) is 0 Å². The Hall–Kier alpha value is -1.35. The van der Waals surface area contributed by atoms with Crippen molar-refractivity contribution in [3.05, 3.63) is 35.9 Å². The molecule has 0 spiro atoms. The van der Waals surface area contributed by atoms with Crippen molar-refractivity contribution in [3.8, 4) is 0 Å². The molecule has 0 radical (unpaired) electrons. The summed E-state index contributed by atoms with van der Waals surface area (Å²) in [7, 11) is 0. The minimum atomic E-state index is 0.0386. The predicted molar refractivity (Wildman–Crippen MR) is 78.0 cm³/mol. The maximum atomic E-state index is 12.1. The maximum absolute atomic E-state index is 12.1. The zero-order valence-corrected chi connectivity index (χ0v) is 11.9. The number of nitrogens with one attached hydrogen (secondary N) is 1. The van der Waals surface area contributed by atoms with Crippen molar-refractivity contribution in [2.45, 2.75) is 45.2 Å². The average molecular weight is 260 g/mol. The van der Waals surface area contributed by atoms with Crippen LogP contribution >= 0.6 is 0 Å². The van der Waals surface area contributed by atoms with E-state index >= 15 is 0 Å². The van der Waals surface area contributed by atoms with E-state index in [2.05, 4.69) is 43.4 Å². The SMILES string of the molecule is CC(C)NC1CCN(CCCc2ccccc2)C1=O. The highest BCUT2D eigenvalue weighted by Gasteiger charge is 2.30. The van der Waals surface area contributed by atoms with Gasteiger partial charge in [0.15, 0.2) is 0 Å². The van der Waals surface area contributed by atoms with Crippen molar-refractivity contribution >= 4 is 5.91 Å². The summed E-state index contributed by atoms with van der Waals surface area (Å²) in [4.78, 5) is 14.1. The van der Waals surface area contributed by atoms with Crippen molar-refractivity contribution in [2.75, 3.05) is 13.1 Å². The second-order valence-electron chi connectivity index (χ2n) is 5.58. The van der Waals surface area contributed by atoms with Crippen LogP contribution in [-0.2, 0) is 11.2 Å². The third kappa shape index (κ3) is 4.06. The molecule has 1 amide bonds. The van der Waals surface area contributed by atoms with E-state index in [9.17, 15) is 4.79 Å². The Balaban J connectivity index is 1.74. The van der Waals surface area contributed by atoms with Gasteiger partial charge in [-0.25, -0.2) is 0 Å². The lowest BCUT2D eigenvalue weighted by atomic mass is 10.1. The minimum Gasteiger partial charge on any atom is -0.341 e. The summed E-state index contributed by atoms with van der Waals surface area (Å²) in [5.74, 6) is 0.279. The highest BCUT2D eigenvalue weighted by molar-refractivity contribution is 5.83. The first-order valence-electron chi connectivity index (χ1n) is 7.25. The highest BCUT2D eigenvalue weighted by atomic mass is 16.2. The summed E-state index contributed by atoms with van der Waals surface area (Å²) in [5.41, 5.74) is 1.35. The Bertz CT molecular complexity index is 402. The fourth-order valence-electron chi connectivity index (χ4n) is 2.64. The van der Waals surface area contributed by atoms with E-state index in [1.807, 2.05) is 11.0 Å². The first kappa shape index (κ1) is 14.1. The number of carbonyl (C=O) groups excluding carboxylic acids is 1. The van der Waals surface area contributed by atoms with Crippen LogP contribution in [0.25, 0.3) is 0 Å². The molecule has 1 atom stereocenters. The smallest absolute Gasteiger partial charge is 0.239 e. The van der Waals surface area contributed by atoms with Crippen molar-refractivity contribution in [1.82, 2.24) is 10.2 Å². The van der Waals surface area contributed by atoms with Gasteiger partial charge in [0.2, 0.25) is 5.91 Å². The van der Waals surface area contributed by atoms with E-state index in [0.717, 1.165) is 32.4 Å². The van der Waals surface area contributed by atoms with Gasteiger partial charge in [-0.05, 0) is 24.8 Å². The van der Waals surface area contributed by atoms with Crippen molar-refractivity contribution in [1.29, 1.82) is 0 Å². The predicted octanol–water partition coefficient (Wildman–Crippen LogP) is 2.22. The molecular formula is C16H24N2O. The summed E-state index contributed by atoms with van der Waals surface area (Å²) in [5, 5.41) is 3.34. The van der Waals surface area contributed by atoms with E-state index in [1.54, 1.807) is 0 Å². The van der Waals surface area contributed by atoms with Crippen LogP contribution in [0.3, 0.4) is 0 Å². The molecule has 1 N–H and O–H groups in total. The maximum Gasteiger partial charge on any atom is 0.239 e. The van der Waals surface area contributed by atoms with Gasteiger partial charge in [-0.3, -0.25) is 4.79 Å². The summed E-state index contributed by atoms with van der Waals surface area (Å²) in [6.07, 6.45) is 3.04. The Kier molecular flexibility index (Phi) is 4.97. The fourth-order valence-corrected chi connectivity index (χ4v) is 2.64. The molecule has 3 nitrogen and oxygen atoms in total. The molecule has 2 rings (SSSR count). The monoisotopic (exact) mass is 260 g/mol. The Morgan fingerprint density at radius 1 is 1.32 bits per heavy atom. The summed E-state index contributed by atoms with van der Waals surface area (Å²) < 4.78 is 0. The highest BCUT2D eigenvalue weighted by Crippen LogP contribution is 2.13. The van der Waals surface area contributed by atoms with Crippen LogP contribution in [0.1, 0.15) is 32.3 Å². The van der Waals surface area contributed by atoms with E-state index < -0.39 is 0 Å². The molecule has 104 valence electrons. The molecule has 1 aliphatic heterocycles. The van der Waals surface area contributed by atoms with E-state index in [1.165, 1.54) is 5.56 Å². The first-order valence-corrected chi connectivity index (χ1v) is 7.25. The molecule has 1 aromatic carbocycles. The molecule has 3 heteroatoms. The van der Waals surface area contributed by atoms with E-state index in [4.69, 9.17) is 0 Å². The van der Waals surface area contributed by atoms with Crippen LogP contribution in [0.5, 0.6) is 0 Å². The van der Waals surface area contributed by atoms with Gasteiger partial charge in [0, 0.05) is 19.1 Å². The number of aryl methyl sites for hydroxylation is 1. The molecule has 1 unspecified atom stereocenters. The second-order valence-corrected chi connectivity index (χ2v) is 5.58. The lowest BCUT2D eigenvalue weighted by Crippen LogP contribution is -2.41. The van der Waals surface area contributed by atoms with Gasteiger partial charge < -0.3 is 10.2 Å². The average Bonchev–Trinajstić information content (AvgIpc) is 2.72. The van der Waals surface area contributed by atoms with Crippen LogP contribution in [0.15, 0.2) is 30.3 Å². The number of hydrogen-bond donors (Lipinski definition) is 1. The van der Waals surface area contributed by atoms with Gasteiger partial charge in [-0.2, -0.15) is 0 Å². The number of carbonyl (C=O) groups is 1. The van der Waals surface area contributed by atoms with Gasteiger partial charge in [-0.15, -0.1) is 0 Å². The van der Waals surface area contributed by atoms with Crippen LogP contribution in [0.4, 0.5) is 0 Å². The quantitative estimate of drug-likeness (QED) is 0.850. The van der Waals surface area contributed by atoms with Crippen molar-refractivity contribution in [3.63, 3.8) is 0 Å². The Labute approximate surface area is 116 Å². The molecule has 19 heavy (non-hydrogen) atoms. The second kappa shape index (κ2) is 6.71. The zero-order valence-electron chi connectivity index (χ0n) is 11.9. The summed E-state index contributed by atoms with van der Waals surface area (Å²) in [6, 6.07) is 10.9. The molecule has 0 aromatic heterocycles. The lowest BCUT2D eigenvalue weighted by Gasteiger charge is -2.18. The molecule has 1 aromatic rings. The number of rotatable bonds is 6. The third-order valence-electron chi connectivity index (χ3n) is 3.57. The normalized spacial score (nSPS) is 19.4. The lowest BCUT2D eigenvalue weighted by molar-refractivity contribution is -0.129.